The maximum atomic E-state index is 12.6. The summed E-state index contributed by atoms with van der Waals surface area (Å²) in [4.78, 5) is 2.62. The number of hydrogen-bond donors (Lipinski definition) is 1. The van der Waals surface area contributed by atoms with Crippen LogP contribution in [0.3, 0.4) is 0 Å². The number of sulfonamides is 1. The molecule has 0 spiro atoms. The van der Waals surface area contributed by atoms with E-state index in [0.717, 1.165) is 31.5 Å². The highest BCUT2D eigenvalue weighted by atomic mass is 32.2. The van der Waals surface area contributed by atoms with Gasteiger partial charge in [-0.25, -0.2) is 12.7 Å². The first-order valence-electron chi connectivity index (χ1n) is 7.37. The molecule has 118 valence electrons. The van der Waals surface area contributed by atoms with E-state index in [-0.39, 0.29) is 0 Å². The summed E-state index contributed by atoms with van der Waals surface area (Å²) in [6.07, 6.45) is 2.11. The molecule has 6 heteroatoms. The molecule has 1 aliphatic heterocycles. The molecule has 0 saturated carbocycles. The van der Waals surface area contributed by atoms with E-state index < -0.39 is 10.0 Å². The molecule has 2 N–H and O–H groups in total. The molecule has 1 aliphatic rings. The lowest BCUT2D eigenvalue weighted by Crippen LogP contribution is -2.37. The van der Waals surface area contributed by atoms with Crippen molar-refractivity contribution in [3.8, 4) is 0 Å². The quantitative estimate of drug-likeness (QED) is 0.884. The van der Waals surface area contributed by atoms with Crippen LogP contribution in [0.2, 0.25) is 0 Å². The Kier molecular flexibility index (Phi) is 5.37. The molecule has 0 radical (unpaired) electrons. The zero-order chi connectivity index (χ0) is 15.5. The summed E-state index contributed by atoms with van der Waals surface area (Å²) in [6, 6.07) is 6.90. The second-order valence-electron chi connectivity index (χ2n) is 5.88. The Labute approximate surface area is 127 Å². The molecular formula is C15H25N3O2S. The van der Waals surface area contributed by atoms with Gasteiger partial charge in [-0.2, -0.15) is 0 Å². The van der Waals surface area contributed by atoms with E-state index in [0.29, 0.717) is 23.9 Å². The fourth-order valence-electron chi connectivity index (χ4n) is 2.72. The van der Waals surface area contributed by atoms with Crippen molar-refractivity contribution in [2.45, 2.75) is 24.3 Å². The molecule has 2 rings (SSSR count). The van der Waals surface area contributed by atoms with Gasteiger partial charge in [0.15, 0.2) is 0 Å². The van der Waals surface area contributed by atoms with Crippen LogP contribution in [0.5, 0.6) is 0 Å². The average molecular weight is 311 g/mol. The zero-order valence-electron chi connectivity index (χ0n) is 12.8. The van der Waals surface area contributed by atoms with Gasteiger partial charge in [-0.3, -0.25) is 0 Å². The van der Waals surface area contributed by atoms with Crippen molar-refractivity contribution in [3.63, 3.8) is 0 Å². The Morgan fingerprint density at radius 1 is 1.33 bits per heavy atom. The molecule has 0 aliphatic carbocycles. The van der Waals surface area contributed by atoms with Crippen LogP contribution >= 0.6 is 0 Å². The van der Waals surface area contributed by atoms with E-state index >= 15 is 0 Å². The van der Waals surface area contributed by atoms with Crippen LogP contribution < -0.4 is 5.73 Å². The van der Waals surface area contributed by atoms with E-state index in [1.54, 1.807) is 25.2 Å². The molecule has 0 unspecified atom stereocenters. The summed E-state index contributed by atoms with van der Waals surface area (Å²) in [7, 11) is 0.355. The lowest BCUT2D eigenvalue weighted by molar-refractivity contribution is 0.202. The number of likely N-dealkylation sites (tertiary alicyclic amines) is 1. The Morgan fingerprint density at radius 2 is 2.00 bits per heavy atom. The lowest BCUT2D eigenvalue weighted by Gasteiger charge is -2.31. The van der Waals surface area contributed by atoms with Crippen LogP contribution in [0.1, 0.15) is 18.4 Å². The van der Waals surface area contributed by atoms with Gasteiger partial charge in [0.25, 0.3) is 0 Å². The Morgan fingerprint density at radius 3 is 2.62 bits per heavy atom. The first-order chi connectivity index (χ1) is 9.93. The Hall–Kier alpha value is -0.950. The topological polar surface area (TPSA) is 66.6 Å². The minimum Gasteiger partial charge on any atom is -0.326 e. The van der Waals surface area contributed by atoms with Gasteiger partial charge in [-0.1, -0.05) is 12.1 Å². The van der Waals surface area contributed by atoms with Gasteiger partial charge in [-0.05, 0) is 56.6 Å². The van der Waals surface area contributed by atoms with Crippen molar-refractivity contribution in [1.82, 2.24) is 9.21 Å². The van der Waals surface area contributed by atoms with Gasteiger partial charge >= 0.3 is 0 Å². The monoisotopic (exact) mass is 311 g/mol. The third-order valence-electron chi connectivity index (χ3n) is 4.20. The molecular weight excluding hydrogens is 286 g/mol. The Bertz CT molecular complexity index is 566. The van der Waals surface area contributed by atoms with Gasteiger partial charge in [0.1, 0.15) is 0 Å². The SMILES string of the molecule is CN1CCC(CN(C)S(=O)(=O)c2cccc(CN)c2)CC1. The van der Waals surface area contributed by atoms with E-state index in [2.05, 4.69) is 11.9 Å². The van der Waals surface area contributed by atoms with Crippen LogP contribution in [0, 0.1) is 5.92 Å². The molecule has 5 nitrogen and oxygen atoms in total. The summed E-state index contributed by atoms with van der Waals surface area (Å²) >= 11 is 0. The standard InChI is InChI=1S/C15H25N3O2S/c1-17-8-6-13(7-9-17)12-18(2)21(19,20)15-5-3-4-14(10-15)11-16/h3-5,10,13H,6-9,11-12,16H2,1-2H3. The number of benzene rings is 1. The third kappa shape index (κ3) is 4.03. The molecule has 1 fully saturated rings. The number of hydrogen-bond acceptors (Lipinski definition) is 4. The predicted octanol–water partition coefficient (Wildman–Crippen LogP) is 1.11. The zero-order valence-corrected chi connectivity index (χ0v) is 13.6. The van der Waals surface area contributed by atoms with Crippen molar-refractivity contribution in [2.24, 2.45) is 11.7 Å². The Balaban J connectivity index is 2.07. The number of nitrogens with two attached hydrogens (primary N) is 1. The molecule has 1 saturated heterocycles. The fourth-order valence-corrected chi connectivity index (χ4v) is 4.04. The average Bonchev–Trinajstić information content (AvgIpc) is 2.49. The van der Waals surface area contributed by atoms with Gasteiger partial charge < -0.3 is 10.6 Å². The van der Waals surface area contributed by atoms with Crippen LogP contribution in [0.25, 0.3) is 0 Å². The first kappa shape index (κ1) is 16.4. The largest absolute Gasteiger partial charge is 0.326 e. The summed E-state index contributed by atoms with van der Waals surface area (Å²) < 4.78 is 26.7. The molecule has 21 heavy (non-hydrogen) atoms. The van der Waals surface area contributed by atoms with Gasteiger partial charge in [-0.15, -0.1) is 0 Å². The van der Waals surface area contributed by atoms with E-state index in [9.17, 15) is 8.42 Å². The van der Waals surface area contributed by atoms with Crippen LogP contribution in [0.4, 0.5) is 0 Å². The highest BCUT2D eigenvalue weighted by molar-refractivity contribution is 7.89. The van der Waals surface area contributed by atoms with E-state index in [4.69, 9.17) is 5.73 Å². The van der Waals surface area contributed by atoms with Crippen LogP contribution in [-0.4, -0.2) is 51.4 Å². The van der Waals surface area contributed by atoms with Crippen LogP contribution in [-0.2, 0) is 16.6 Å². The normalized spacial score (nSPS) is 18.3. The number of nitrogens with zero attached hydrogens (tertiary/aromatic N) is 2. The maximum absolute atomic E-state index is 12.6. The lowest BCUT2D eigenvalue weighted by atomic mass is 9.97. The second-order valence-corrected chi connectivity index (χ2v) is 7.93. The molecule has 1 heterocycles. The summed E-state index contributed by atoms with van der Waals surface area (Å²) in [5, 5.41) is 0. The predicted molar refractivity (Wildman–Crippen MR) is 84.4 cm³/mol. The molecule has 0 atom stereocenters. The second kappa shape index (κ2) is 6.87. The summed E-state index contributed by atoms with van der Waals surface area (Å²) in [5.41, 5.74) is 6.42. The van der Waals surface area contributed by atoms with Crippen molar-refractivity contribution in [2.75, 3.05) is 33.7 Å². The highest BCUT2D eigenvalue weighted by Gasteiger charge is 2.25. The summed E-state index contributed by atoms with van der Waals surface area (Å²) in [6.45, 7) is 3.02. The number of rotatable bonds is 5. The first-order valence-corrected chi connectivity index (χ1v) is 8.81. The molecule has 1 aromatic carbocycles. The fraction of sp³-hybridized carbons (Fsp3) is 0.600. The van der Waals surface area contributed by atoms with E-state index in [1.807, 2.05) is 6.07 Å². The van der Waals surface area contributed by atoms with Gasteiger partial charge in [0, 0.05) is 20.1 Å². The third-order valence-corrected chi connectivity index (χ3v) is 6.02. The van der Waals surface area contributed by atoms with Gasteiger partial charge in [0.2, 0.25) is 10.0 Å². The van der Waals surface area contributed by atoms with Crippen molar-refractivity contribution >= 4 is 10.0 Å². The molecule has 1 aromatic rings. The van der Waals surface area contributed by atoms with Crippen molar-refractivity contribution in [1.29, 1.82) is 0 Å². The number of piperidine rings is 1. The molecule has 0 aromatic heterocycles. The van der Waals surface area contributed by atoms with Crippen molar-refractivity contribution < 1.29 is 8.42 Å². The van der Waals surface area contributed by atoms with E-state index in [1.165, 1.54) is 4.31 Å². The minimum atomic E-state index is -3.42. The van der Waals surface area contributed by atoms with Crippen LogP contribution in [0.15, 0.2) is 29.2 Å². The highest BCUT2D eigenvalue weighted by Crippen LogP contribution is 2.21. The smallest absolute Gasteiger partial charge is 0.242 e. The van der Waals surface area contributed by atoms with Crippen molar-refractivity contribution in [3.05, 3.63) is 29.8 Å². The summed E-state index contributed by atoms with van der Waals surface area (Å²) in [5.74, 6) is 0.443. The molecule has 0 bridgehead atoms. The van der Waals surface area contributed by atoms with Gasteiger partial charge in [0.05, 0.1) is 4.90 Å². The maximum Gasteiger partial charge on any atom is 0.242 e. The molecule has 0 amide bonds. The minimum absolute atomic E-state index is 0.334.